The third-order valence-electron chi connectivity index (χ3n) is 4.71. The molecule has 1 heterocycles. The summed E-state index contributed by atoms with van der Waals surface area (Å²) in [6, 6.07) is 3.77. The SMILES string of the molecule is C[C@@H]1CCC[C@H](C)N1C(=O)COC(=O)CNC(=O)c1ccc(C(F)(F)F)cc1. The molecule has 0 unspecified atom stereocenters. The predicted octanol–water partition coefficient (Wildman–Crippen LogP) is 2.77. The molecule has 2 amide bonds. The molecule has 1 fully saturated rings. The summed E-state index contributed by atoms with van der Waals surface area (Å²) in [4.78, 5) is 37.6. The third-order valence-corrected chi connectivity index (χ3v) is 4.71. The van der Waals surface area contributed by atoms with Crippen LogP contribution in [0.25, 0.3) is 0 Å². The molecule has 1 N–H and O–H groups in total. The van der Waals surface area contributed by atoms with Crippen LogP contribution in [0.4, 0.5) is 13.2 Å². The summed E-state index contributed by atoms with van der Waals surface area (Å²) < 4.78 is 42.5. The van der Waals surface area contributed by atoms with Crippen molar-refractivity contribution < 1.29 is 32.3 Å². The van der Waals surface area contributed by atoms with Gasteiger partial charge in [-0.1, -0.05) is 0 Å². The molecule has 2 atom stereocenters. The van der Waals surface area contributed by atoms with Crippen LogP contribution >= 0.6 is 0 Å². The van der Waals surface area contributed by atoms with Crippen LogP contribution in [0.5, 0.6) is 0 Å². The number of halogens is 3. The number of piperidine rings is 1. The molecule has 6 nitrogen and oxygen atoms in total. The first-order valence-corrected chi connectivity index (χ1v) is 9.02. The van der Waals surface area contributed by atoms with Crippen molar-refractivity contribution in [3.05, 3.63) is 35.4 Å². The van der Waals surface area contributed by atoms with E-state index in [2.05, 4.69) is 5.32 Å². The highest BCUT2D eigenvalue weighted by Crippen LogP contribution is 2.29. The molecule has 9 heteroatoms. The van der Waals surface area contributed by atoms with Gasteiger partial charge in [-0.2, -0.15) is 13.2 Å². The van der Waals surface area contributed by atoms with Gasteiger partial charge in [0.15, 0.2) is 6.61 Å². The number of hydrogen-bond acceptors (Lipinski definition) is 4. The van der Waals surface area contributed by atoms with E-state index in [1.54, 1.807) is 4.90 Å². The molecule has 0 saturated carbocycles. The van der Waals surface area contributed by atoms with Gasteiger partial charge in [-0.15, -0.1) is 0 Å². The molecule has 2 rings (SSSR count). The zero-order valence-electron chi connectivity index (χ0n) is 15.7. The largest absolute Gasteiger partial charge is 0.454 e. The van der Waals surface area contributed by atoms with Gasteiger partial charge in [0.05, 0.1) is 5.56 Å². The molecule has 1 aliphatic heterocycles. The zero-order chi connectivity index (χ0) is 20.9. The average molecular weight is 400 g/mol. The van der Waals surface area contributed by atoms with E-state index in [1.807, 2.05) is 13.8 Å². The van der Waals surface area contributed by atoms with E-state index in [1.165, 1.54) is 0 Å². The Hall–Kier alpha value is -2.58. The first-order valence-electron chi connectivity index (χ1n) is 9.02. The van der Waals surface area contributed by atoms with E-state index in [0.717, 1.165) is 43.5 Å². The highest BCUT2D eigenvalue weighted by atomic mass is 19.4. The van der Waals surface area contributed by atoms with Crippen LogP contribution in [-0.2, 0) is 20.5 Å². The lowest BCUT2D eigenvalue weighted by Crippen LogP contribution is -2.49. The number of esters is 1. The molecule has 28 heavy (non-hydrogen) atoms. The maximum atomic E-state index is 12.5. The van der Waals surface area contributed by atoms with E-state index in [-0.39, 0.29) is 23.6 Å². The van der Waals surface area contributed by atoms with Crippen molar-refractivity contribution in [1.29, 1.82) is 0 Å². The molecule has 1 saturated heterocycles. The second-order valence-electron chi connectivity index (χ2n) is 6.85. The van der Waals surface area contributed by atoms with E-state index in [0.29, 0.717) is 0 Å². The lowest BCUT2D eigenvalue weighted by molar-refractivity contribution is -0.154. The second kappa shape index (κ2) is 9.07. The van der Waals surface area contributed by atoms with Gasteiger partial charge in [0, 0.05) is 17.6 Å². The van der Waals surface area contributed by atoms with Crippen LogP contribution in [0.2, 0.25) is 0 Å². The van der Waals surface area contributed by atoms with Gasteiger partial charge in [-0.05, 0) is 57.4 Å². The van der Waals surface area contributed by atoms with Crippen LogP contribution in [0.1, 0.15) is 49.0 Å². The quantitative estimate of drug-likeness (QED) is 0.772. The Morgan fingerprint density at radius 1 is 1.11 bits per heavy atom. The Bertz CT molecular complexity index is 709. The number of carbonyl (C=O) groups is 3. The molecule has 1 aromatic carbocycles. The Labute approximate surface area is 161 Å². The average Bonchev–Trinajstić information content (AvgIpc) is 2.63. The number of alkyl halides is 3. The molecule has 1 aromatic rings. The van der Waals surface area contributed by atoms with Crippen LogP contribution in [-0.4, -0.2) is 47.9 Å². The van der Waals surface area contributed by atoms with Gasteiger partial charge < -0.3 is 15.0 Å². The van der Waals surface area contributed by atoms with E-state index in [9.17, 15) is 27.6 Å². The Balaban J connectivity index is 1.79. The number of ether oxygens (including phenoxy) is 1. The number of amides is 2. The number of carbonyl (C=O) groups excluding carboxylic acids is 3. The van der Waals surface area contributed by atoms with Crippen molar-refractivity contribution in [1.82, 2.24) is 10.2 Å². The van der Waals surface area contributed by atoms with Crippen LogP contribution in [0.15, 0.2) is 24.3 Å². The smallest absolute Gasteiger partial charge is 0.416 e. The minimum atomic E-state index is -4.49. The Morgan fingerprint density at radius 2 is 1.68 bits per heavy atom. The minimum absolute atomic E-state index is 0.0205. The van der Waals surface area contributed by atoms with Gasteiger partial charge in [-0.3, -0.25) is 14.4 Å². The first-order chi connectivity index (χ1) is 13.1. The highest BCUT2D eigenvalue weighted by Gasteiger charge is 2.31. The molecular formula is C19H23F3N2O4. The number of likely N-dealkylation sites (tertiary alicyclic amines) is 1. The van der Waals surface area contributed by atoms with Gasteiger partial charge in [0.1, 0.15) is 6.54 Å². The molecule has 154 valence electrons. The van der Waals surface area contributed by atoms with Crippen LogP contribution in [0.3, 0.4) is 0 Å². The first kappa shape index (κ1) is 21.7. The van der Waals surface area contributed by atoms with Gasteiger partial charge in [-0.25, -0.2) is 0 Å². The zero-order valence-corrected chi connectivity index (χ0v) is 15.7. The summed E-state index contributed by atoms with van der Waals surface area (Å²) in [7, 11) is 0. The van der Waals surface area contributed by atoms with Crippen molar-refractivity contribution in [2.45, 2.75) is 51.4 Å². The molecule has 0 radical (unpaired) electrons. The summed E-state index contributed by atoms with van der Waals surface area (Å²) in [5.41, 5.74) is -0.893. The lowest BCUT2D eigenvalue weighted by atomic mass is 9.97. The van der Waals surface area contributed by atoms with Crippen molar-refractivity contribution >= 4 is 17.8 Å². The molecule has 0 spiro atoms. The number of hydrogen-bond donors (Lipinski definition) is 1. The van der Waals surface area contributed by atoms with Gasteiger partial charge in [0.25, 0.3) is 11.8 Å². The summed E-state index contributed by atoms with van der Waals surface area (Å²) in [5, 5.41) is 2.26. The fourth-order valence-electron chi connectivity index (χ4n) is 3.25. The second-order valence-corrected chi connectivity index (χ2v) is 6.85. The van der Waals surface area contributed by atoms with Crippen LogP contribution in [0, 0.1) is 0 Å². The van der Waals surface area contributed by atoms with E-state index < -0.39 is 36.8 Å². The van der Waals surface area contributed by atoms with Crippen molar-refractivity contribution in [3.63, 3.8) is 0 Å². The summed E-state index contributed by atoms with van der Waals surface area (Å²) in [6.07, 6.45) is -1.66. The van der Waals surface area contributed by atoms with Gasteiger partial charge in [0.2, 0.25) is 0 Å². The number of rotatable bonds is 5. The third kappa shape index (κ3) is 5.71. The fraction of sp³-hybridized carbons (Fsp3) is 0.526. The highest BCUT2D eigenvalue weighted by molar-refractivity contribution is 5.96. The summed E-state index contributed by atoms with van der Waals surface area (Å²) in [5.74, 6) is -1.80. The Morgan fingerprint density at radius 3 is 2.21 bits per heavy atom. The molecule has 0 bridgehead atoms. The molecular weight excluding hydrogens is 377 g/mol. The maximum absolute atomic E-state index is 12.5. The van der Waals surface area contributed by atoms with E-state index >= 15 is 0 Å². The summed E-state index contributed by atoms with van der Waals surface area (Å²) >= 11 is 0. The standard InChI is InChI=1S/C19H23F3N2O4/c1-12-4-3-5-13(2)24(12)16(25)11-28-17(26)10-23-18(27)14-6-8-15(9-7-14)19(20,21)22/h6-9,12-13H,3-5,10-11H2,1-2H3,(H,23,27)/t12-,13+. The monoisotopic (exact) mass is 400 g/mol. The lowest BCUT2D eigenvalue weighted by Gasteiger charge is -2.38. The van der Waals surface area contributed by atoms with Gasteiger partial charge >= 0.3 is 12.1 Å². The molecule has 1 aliphatic rings. The maximum Gasteiger partial charge on any atom is 0.416 e. The molecule has 0 aromatic heterocycles. The van der Waals surface area contributed by atoms with E-state index in [4.69, 9.17) is 4.74 Å². The number of nitrogens with zero attached hydrogens (tertiary/aromatic N) is 1. The van der Waals surface area contributed by atoms with Crippen molar-refractivity contribution in [2.24, 2.45) is 0 Å². The van der Waals surface area contributed by atoms with Crippen molar-refractivity contribution in [2.75, 3.05) is 13.2 Å². The summed E-state index contributed by atoms with van der Waals surface area (Å²) in [6.45, 7) is 2.99. The van der Waals surface area contributed by atoms with Crippen molar-refractivity contribution in [3.8, 4) is 0 Å². The Kier molecular flexibility index (Phi) is 7.04. The predicted molar refractivity (Wildman–Crippen MR) is 94.4 cm³/mol. The number of nitrogens with one attached hydrogen (secondary N) is 1. The fourth-order valence-corrected chi connectivity index (χ4v) is 3.25. The molecule has 0 aliphatic carbocycles. The normalized spacial score (nSPS) is 19.8. The number of benzene rings is 1. The topological polar surface area (TPSA) is 75.7 Å². The minimum Gasteiger partial charge on any atom is -0.454 e. The van der Waals surface area contributed by atoms with Crippen LogP contribution < -0.4 is 5.32 Å².